The fourth-order valence-electron chi connectivity index (χ4n) is 4.59. The number of nitrogens with zero attached hydrogens (tertiary/aromatic N) is 3. The van der Waals surface area contributed by atoms with E-state index in [4.69, 9.17) is 9.72 Å². The van der Waals surface area contributed by atoms with Gasteiger partial charge in [0.1, 0.15) is 18.2 Å². The summed E-state index contributed by atoms with van der Waals surface area (Å²) in [7, 11) is 0. The number of ether oxygens (including phenoxy) is 1. The lowest BCUT2D eigenvalue weighted by atomic mass is 10.1. The van der Waals surface area contributed by atoms with E-state index in [1.165, 1.54) is 5.56 Å². The summed E-state index contributed by atoms with van der Waals surface area (Å²) in [6.45, 7) is 6.02. The fraction of sp³-hybridized carbons (Fsp3) is 0.259. The Morgan fingerprint density at radius 1 is 1.00 bits per heavy atom. The molecule has 4 aromatic rings. The van der Waals surface area contributed by atoms with Crippen LogP contribution in [0.5, 0.6) is 5.75 Å². The van der Waals surface area contributed by atoms with Gasteiger partial charge in [-0.15, -0.1) is 0 Å². The third kappa shape index (κ3) is 3.86. The Hall–Kier alpha value is -3.60. The maximum atomic E-state index is 12.8. The van der Waals surface area contributed by atoms with Crippen LogP contribution in [0.25, 0.3) is 11.0 Å². The third-order valence-electron chi connectivity index (χ3n) is 6.15. The highest BCUT2D eigenvalue weighted by Crippen LogP contribution is 2.33. The zero-order valence-corrected chi connectivity index (χ0v) is 18.5. The van der Waals surface area contributed by atoms with Gasteiger partial charge in [0.15, 0.2) is 0 Å². The van der Waals surface area contributed by atoms with Gasteiger partial charge in [-0.05, 0) is 49.7 Å². The van der Waals surface area contributed by atoms with Crippen LogP contribution in [-0.2, 0) is 11.3 Å². The number of benzene rings is 3. The molecular formula is C27H27N3O2. The normalized spacial score (nSPS) is 16.1. The van der Waals surface area contributed by atoms with E-state index in [2.05, 4.69) is 36.6 Å². The molecule has 3 aromatic carbocycles. The number of amides is 1. The highest BCUT2D eigenvalue weighted by atomic mass is 16.5. The summed E-state index contributed by atoms with van der Waals surface area (Å²) in [4.78, 5) is 19.6. The topological polar surface area (TPSA) is 47.4 Å². The van der Waals surface area contributed by atoms with Crippen LogP contribution in [0, 0.1) is 13.8 Å². The number of carbonyl (C=O) groups excluding carboxylic acids is 1. The molecular weight excluding hydrogens is 398 g/mol. The van der Waals surface area contributed by atoms with Crippen LogP contribution in [0.4, 0.5) is 5.69 Å². The molecule has 1 aliphatic rings. The molecule has 1 aromatic heterocycles. The van der Waals surface area contributed by atoms with E-state index in [-0.39, 0.29) is 11.8 Å². The Labute approximate surface area is 188 Å². The predicted octanol–water partition coefficient (Wildman–Crippen LogP) is 5.25. The summed E-state index contributed by atoms with van der Waals surface area (Å²) in [6, 6.07) is 24.3. The van der Waals surface area contributed by atoms with Crippen LogP contribution >= 0.6 is 0 Å². The van der Waals surface area contributed by atoms with Gasteiger partial charge >= 0.3 is 0 Å². The summed E-state index contributed by atoms with van der Waals surface area (Å²) < 4.78 is 8.34. The highest BCUT2D eigenvalue weighted by Gasteiger charge is 2.34. The number of aryl methyl sites for hydroxylation is 2. The molecule has 1 atom stereocenters. The van der Waals surface area contributed by atoms with Crippen LogP contribution in [-0.4, -0.2) is 28.6 Å². The molecule has 1 unspecified atom stereocenters. The molecule has 2 heterocycles. The Bertz CT molecular complexity index is 1260. The zero-order valence-electron chi connectivity index (χ0n) is 18.5. The molecule has 1 amide bonds. The lowest BCUT2D eigenvalue weighted by Gasteiger charge is -2.17. The van der Waals surface area contributed by atoms with Crippen molar-refractivity contribution in [1.82, 2.24) is 9.55 Å². The van der Waals surface area contributed by atoms with Crippen molar-refractivity contribution < 1.29 is 9.53 Å². The molecule has 1 aliphatic heterocycles. The van der Waals surface area contributed by atoms with Crippen molar-refractivity contribution >= 4 is 22.6 Å². The van der Waals surface area contributed by atoms with Crippen LogP contribution < -0.4 is 9.64 Å². The van der Waals surface area contributed by atoms with Crippen molar-refractivity contribution in [3.05, 3.63) is 89.7 Å². The number of hydrogen-bond donors (Lipinski definition) is 0. The summed E-state index contributed by atoms with van der Waals surface area (Å²) in [6.07, 6.45) is 0.468. The number of rotatable bonds is 6. The molecule has 0 N–H and O–H groups in total. The number of hydrogen-bond acceptors (Lipinski definition) is 3. The summed E-state index contributed by atoms with van der Waals surface area (Å²) in [5.74, 6) is 2.07. The number of anilines is 1. The van der Waals surface area contributed by atoms with E-state index in [9.17, 15) is 4.79 Å². The van der Waals surface area contributed by atoms with Crippen molar-refractivity contribution in [3.8, 4) is 5.75 Å². The Morgan fingerprint density at radius 3 is 2.59 bits per heavy atom. The lowest BCUT2D eigenvalue weighted by molar-refractivity contribution is -0.117. The molecule has 5 heteroatoms. The molecule has 32 heavy (non-hydrogen) atoms. The summed E-state index contributed by atoms with van der Waals surface area (Å²) in [5, 5.41) is 0. The minimum Gasteiger partial charge on any atom is -0.491 e. The van der Waals surface area contributed by atoms with Gasteiger partial charge in [0.25, 0.3) is 0 Å². The molecule has 162 valence electrons. The van der Waals surface area contributed by atoms with Crippen molar-refractivity contribution in [2.75, 3.05) is 18.1 Å². The van der Waals surface area contributed by atoms with Gasteiger partial charge in [0, 0.05) is 24.6 Å². The Balaban J connectivity index is 1.40. The second-order valence-corrected chi connectivity index (χ2v) is 8.47. The predicted molar refractivity (Wildman–Crippen MR) is 127 cm³/mol. The quantitative estimate of drug-likeness (QED) is 0.424. The van der Waals surface area contributed by atoms with Gasteiger partial charge in [0.2, 0.25) is 5.91 Å². The molecule has 1 saturated heterocycles. The van der Waals surface area contributed by atoms with Gasteiger partial charge in [-0.1, -0.05) is 48.0 Å². The molecule has 0 saturated carbocycles. The monoisotopic (exact) mass is 425 g/mol. The number of para-hydroxylation sites is 3. The van der Waals surface area contributed by atoms with Gasteiger partial charge in [-0.2, -0.15) is 0 Å². The standard InChI is InChI=1S/C27H27N3O2/c1-19-12-13-25(20(2)16-19)32-15-14-29-24-11-7-6-10-23(24)28-27(29)21-17-26(31)30(18-21)22-8-4-3-5-9-22/h3-13,16,21H,14-15,17-18H2,1-2H3. The van der Waals surface area contributed by atoms with Gasteiger partial charge in [0.05, 0.1) is 17.6 Å². The van der Waals surface area contributed by atoms with E-state index in [0.29, 0.717) is 26.1 Å². The van der Waals surface area contributed by atoms with E-state index in [1.807, 2.05) is 59.5 Å². The zero-order chi connectivity index (χ0) is 22.1. The molecule has 0 aliphatic carbocycles. The lowest BCUT2D eigenvalue weighted by Crippen LogP contribution is -2.24. The summed E-state index contributed by atoms with van der Waals surface area (Å²) >= 11 is 0. The number of fused-ring (bicyclic) bond motifs is 1. The van der Waals surface area contributed by atoms with E-state index < -0.39 is 0 Å². The van der Waals surface area contributed by atoms with Crippen LogP contribution in [0.15, 0.2) is 72.8 Å². The Kier molecular flexibility index (Phi) is 5.39. The summed E-state index contributed by atoms with van der Waals surface area (Å²) in [5.41, 5.74) is 5.35. The first-order chi connectivity index (χ1) is 15.6. The van der Waals surface area contributed by atoms with Gasteiger partial charge < -0.3 is 14.2 Å². The molecule has 1 fully saturated rings. The highest BCUT2D eigenvalue weighted by molar-refractivity contribution is 5.96. The third-order valence-corrected chi connectivity index (χ3v) is 6.15. The average molecular weight is 426 g/mol. The van der Waals surface area contributed by atoms with E-state index >= 15 is 0 Å². The Morgan fingerprint density at radius 2 is 1.78 bits per heavy atom. The van der Waals surface area contributed by atoms with E-state index in [0.717, 1.165) is 33.9 Å². The van der Waals surface area contributed by atoms with E-state index in [1.54, 1.807) is 0 Å². The molecule has 5 rings (SSSR count). The minimum atomic E-state index is 0.0521. The largest absolute Gasteiger partial charge is 0.491 e. The second-order valence-electron chi connectivity index (χ2n) is 8.47. The molecule has 0 bridgehead atoms. The van der Waals surface area contributed by atoms with Crippen LogP contribution in [0.2, 0.25) is 0 Å². The van der Waals surface area contributed by atoms with Crippen LogP contribution in [0.1, 0.15) is 29.3 Å². The SMILES string of the molecule is Cc1ccc(OCCn2c(C3CC(=O)N(c4ccccc4)C3)nc3ccccc32)c(C)c1. The second kappa shape index (κ2) is 8.50. The first-order valence-corrected chi connectivity index (χ1v) is 11.1. The number of imidazole rings is 1. The van der Waals surface area contributed by atoms with Crippen molar-refractivity contribution in [3.63, 3.8) is 0 Å². The fourth-order valence-corrected chi connectivity index (χ4v) is 4.59. The maximum absolute atomic E-state index is 12.8. The molecule has 0 radical (unpaired) electrons. The first kappa shape index (κ1) is 20.3. The average Bonchev–Trinajstić information content (AvgIpc) is 3.36. The minimum absolute atomic E-state index is 0.0521. The van der Waals surface area contributed by atoms with Gasteiger partial charge in [-0.25, -0.2) is 4.98 Å². The smallest absolute Gasteiger partial charge is 0.227 e. The van der Waals surface area contributed by atoms with Crippen LogP contribution in [0.3, 0.4) is 0 Å². The number of carbonyl (C=O) groups is 1. The van der Waals surface area contributed by atoms with Crippen molar-refractivity contribution in [2.24, 2.45) is 0 Å². The maximum Gasteiger partial charge on any atom is 0.227 e. The number of aromatic nitrogens is 2. The molecule has 0 spiro atoms. The van der Waals surface area contributed by atoms with Crippen molar-refractivity contribution in [1.29, 1.82) is 0 Å². The molecule has 5 nitrogen and oxygen atoms in total. The van der Waals surface area contributed by atoms with Crippen molar-refractivity contribution in [2.45, 2.75) is 32.7 Å². The van der Waals surface area contributed by atoms with Gasteiger partial charge in [-0.3, -0.25) is 4.79 Å². The first-order valence-electron chi connectivity index (χ1n) is 11.1.